The van der Waals surface area contributed by atoms with E-state index in [1.54, 1.807) is 18.6 Å². The first kappa shape index (κ1) is 14.1. The minimum absolute atomic E-state index is 0.0841. The summed E-state index contributed by atoms with van der Waals surface area (Å²) in [4.78, 5) is 30.0. The molecule has 2 aliphatic heterocycles. The van der Waals surface area contributed by atoms with Gasteiger partial charge in [-0.25, -0.2) is 9.97 Å². The number of aromatic nitrogens is 3. The second kappa shape index (κ2) is 5.61. The van der Waals surface area contributed by atoms with Crippen LogP contribution in [0.2, 0.25) is 0 Å². The number of hydrogen-bond acceptors (Lipinski definition) is 5. The van der Waals surface area contributed by atoms with Crippen molar-refractivity contribution in [1.82, 2.24) is 19.9 Å². The van der Waals surface area contributed by atoms with Crippen LogP contribution >= 0.6 is 0 Å². The van der Waals surface area contributed by atoms with Gasteiger partial charge < -0.3 is 9.80 Å². The lowest BCUT2D eigenvalue weighted by molar-refractivity contribution is 0.0737. The molecule has 6 nitrogen and oxygen atoms in total. The third-order valence-electron chi connectivity index (χ3n) is 4.80. The van der Waals surface area contributed by atoms with Crippen molar-refractivity contribution in [2.75, 3.05) is 18.0 Å². The van der Waals surface area contributed by atoms with E-state index in [1.165, 1.54) is 0 Å². The standard InChI is InChI=1S/C17H19N5O/c1-12-3-4-13(11-20-12)16(23)21-9-5-15-14(21)6-10-22(15)17-18-7-2-8-19-17/h2-4,7-8,11,14-15H,5-6,9-10H2,1H3/t14-,15+/m0/s1. The summed E-state index contributed by atoms with van der Waals surface area (Å²) in [6, 6.07) is 6.14. The highest BCUT2D eigenvalue weighted by Crippen LogP contribution is 2.34. The molecule has 2 aromatic heterocycles. The molecule has 2 fully saturated rings. The van der Waals surface area contributed by atoms with E-state index >= 15 is 0 Å². The van der Waals surface area contributed by atoms with Gasteiger partial charge in [-0.15, -0.1) is 0 Å². The second-order valence-corrected chi connectivity index (χ2v) is 6.14. The quantitative estimate of drug-likeness (QED) is 0.844. The summed E-state index contributed by atoms with van der Waals surface area (Å²) >= 11 is 0. The normalized spacial score (nSPS) is 23.2. The van der Waals surface area contributed by atoms with Crippen LogP contribution in [0.5, 0.6) is 0 Å². The Balaban J connectivity index is 1.54. The Hall–Kier alpha value is -2.50. The zero-order valence-corrected chi connectivity index (χ0v) is 13.1. The number of amides is 1. The van der Waals surface area contributed by atoms with Gasteiger partial charge in [-0.1, -0.05) is 0 Å². The maximum atomic E-state index is 12.8. The molecule has 0 radical (unpaired) electrons. The average Bonchev–Trinajstić information content (AvgIpc) is 3.17. The average molecular weight is 309 g/mol. The van der Waals surface area contributed by atoms with Crippen molar-refractivity contribution in [2.24, 2.45) is 0 Å². The van der Waals surface area contributed by atoms with E-state index in [9.17, 15) is 4.79 Å². The molecule has 2 aliphatic rings. The molecular formula is C17H19N5O. The van der Waals surface area contributed by atoms with E-state index in [1.807, 2.05) is 30.0 Å². The first-order valence-electron chi connectivity index (χ1n) is 8.01. The lowest BCUT2D eigenvalue weighted by atomic mass is 10.1. The number of anilines is 1. The third kappa shape index (κ3) is 2.44. The van der Waals surface area contributed by atoms with Crippen LogP contribution in [0.1, 0.15) is 28.9 Å². The molecule has 23 heavy (non-hydrogen) atoms. The van der Waals surface area contributed by atoms with Gasteiger partial charge in [0.1, 0.15) is 0 Å². The van der Waals surface area contributed by atoms with E-state index in [2.05, 4.69) is 19.9 Å². The molecule has 0 aliphatic carbocycles. The highest BCUT2D eigenvalue weighted by atomic mass is 16.2. The predicted molar refractivity (Wildman–Crippen MR) is 86.2 cm³/mol. The van der Waals surface area contributed by atoms with Gasteiger partial charge in [-0.05, 0) is 38.0 Å². The molecule has 2 aromatic rings. The number of nitrogens with zero attached hydrogens (tertiary/aromatic N) is 5. The van der Waals surface area contributed by atoms with E-state index < -0.39 is 0 Å². The molecule has 0 bridgehead atoms. The van der Waals surface area contributed by atoms with E-state index in [0.717, 1.165) is 37.6 Å². The Morgan fingerprint density at radius 1 is 1.09 bits per heavy atom. The lowest BCUT2D eigenvalue weighted by Gasteiger charge is -2.25. The monoisotopic (exact) mass is 309 g/mol. The van der Waals surface area contributed by atoms with Gasteiger partial charge in [0.05, 0.1) is 17.6 Å². The lowest BCUT2D eigenvalue weighted by Crippen LogP contribution is -2.40. The second-order valence-electron chi connectivity index (χ2n) is 6.14. The summed E-state index contributed by atoms with van der Waals surface area (Å²) in [5, 5.41) is 0. The molecule has 0 spiro atoms. The minimum atomic E-state index is 0.0841. The van der Waals surface area contributed by atoms with Crippen LogP contribution in [0.3, 0.4) is 0 Å². The fourth-order valence-electron chi connectivity index (χ4n) is 3.69. The number of likely N-dealkylation sites (tertiary alicyclic amines) is 1. The van der Waals surface area contributed by atoms with E-state index in [-0.39, 0.29) is 11.9 Å². The number of aryl methyl sites for hydroxylation is 1. The Morgan fingerprint density at radius 2 is 1.87 bits per heavy atom. The predicted octanol–water partition coefficient (Wildman–Crippen LogP) is 1.67. The fourth-order valence-corrected chi connectivity index (χ4v) is 3.69. The van der Waals surface area contributed by atoms with Crippen LogP contribution in [0, 0.1) is 6.92 Å². The summed E-state index contributed by atoms with van der Waals surface area (Å²) in [5.74, 6) is 0.854. The summed E-state index contributed by atoms with van der Waals surface area (Å²) in [5.41, 5.74) is 1.60. The number of carbonyl (C=O) groups excluding carboxylic acids is 1. The maximum Gasteiger partial charge on any atom is 0.255 e. The molecular weight excluding hydrogens is 290 g/mol. The van der Waals surface area contributed by atoms with Crippen LogP contribution in [0.25, 0.3) is 0 Å². The van der Waals surface area contributed by atoms with Gasteiger partial charge in [0.2, 0.25) is 5.95 Å². The van der Waals surface area contributed by atoms with Crippen molar-refractivity contribution in [1.29, 1.82) is 0 Å². The van der Waals surface area contributed by atoms with E-state index in [0.29, 0.717) is 11.6 Å². The molecule has 0 N–H and O–H groups in total. The van der Waals surface area contributed by atoms with Crippen LogP contribution in [0.15, 0.2) is 36.8 Å². The highest BCUT2D eigenvalue weighted by molar-refractivity contribution is 5.94. The van der Waals surface area contributed by atoms with Gasteiger partial charge in [0.25, 0.3) is 5.91 Å². The number of carbonyl (C=O) groups is 1. The summed E-state index contributed by atoms with van der Waals surface area (Å²) in [6.07, 6.45) is 7.15. The van der Waals surface area contributed by atoms with Crippen molar-refractivity contribution in [3.05, 3.63) is 48.0 Å². The van der Waals surface area contributed by atoms with Crippen molar-refractivity contribution < 1.29 is 4.79 Å². The molecule has 1 amide bonds. The van der Waals surface area contributed by atoms with Gasteiger partial charge in [0.15, 0.2) is 0 Å². The largest absolute Gasteiger partial charge is 0.336 e. The SMILES string of the molecule is Cc1ccc(C(=O)N2CC[C@@H]3[C@@H]2CCN3c2ncccn2)cn1. The fraction of sp³-hybridized carbons (Fsp3) is 0.412. The number of fused-ring (bicyclic) bond motifs is 1. The van der Waals surface area contributed by atoms with Crippen LogP contribution in [-0.4, -0.2) is 50.9 Å². The zero-order chi connectivity index (χ0) is 15.8. The summed E-state index contributed by atoms with van der Waals surface area (Å²) < 4.78 is 0. The maximum absolute atomic E-state index is 12.8. The molecule has 2 saturated heterocycles. The highest BCUT2D eigenvalue weighted by Gasteiger charge is 2.45. The molecule has 6 heteroatoms. The summed E-state index contributed by atoms with van der Waals surface area (Å²) in [7, 11) is 0. The van der Waals surface area contributed by atoms with Gasteiger partial charge in [-0.2, -0.15) is 0 Å². The Bertz CT molecular complexity index is 703. The van der Waals surface area contributed by atoms with Crippen LogP contribution in [0.4, 0.5) is 5.95 Å². The Kier molecular flexibility index (Phi) is 3.44. The van der Waals surface area contributed by atoms with Crippen LogP contribution < -0.4 is 4.90 Å². The topological polar surface area (TPSA) is 62.2 Å². The molecule has 0 unspecified atom stereocenters. The Labute approximate surface area is 135 Å². The summed E-state index contributed by atoms with van der Waals surface area (Å²) in [6.45, 7) is 3.61. The van der Waals surface area contributed by atoms with Gasteiger partial charge in [-0.3, -0.25) is 9.78 Å². The number of rotatable bonds is 2. The van der Waals surface area contributed by atoms with Crippen molar-refractivity contribution >= 4 is 11.9 Å². The number of hydrogen-bond donors (Lipinski definition) is 0. The molecule has 0 saturated carbocycles. The molecule has 4 heterocycles. The molecule has 118 valence electrons. The molecule has 0 aromatic carbocycles. The zero-order valence-electron chi connectivity index (χ0n) is 13.1. The smallest absolute Gasteiger partial charge is 0.255 e. The van der Waals surface area contributed by atoms with Crippen LogP contribution in [-0.2, 0) is 0 Å². The number of pyridine rings is 1. The first-order valence-corrected chi connectivity index (χ1v) is 8.01. The van der Waals surface area contributed by atoms with Gasteiger partial charge in [0, 0.05) is 37.4 Å². The minimum Gasteiger partial charge on any atom is -0.336 e. The Morgan fingerprint density at radius 3 is 2.61 bits per heavy atom. The third-order valence-corrected chi connectivity index (χ3v) is 4.80. The van der Waals surface area contributed by atoms with Crippen molar-refractivity contribution in [3.8, 4) is 0 Å². The van der Waals surface area contributed by atoms with E-state index in [4.69, 9.17) is 0 Å². The van der Waals surface area contributed by atoms with Crippen molar-refractivity contribution in [3.63, 3.8) is 0 Å². The molecule has 4 rings (SSSR count). The molecule has 2 atom stereocenters. The van der Waals surface area contributed by atoms with Crippen molar-refractivity contribution in [2.45, 2.75) is 31.8 Å². The first-order chi connectivity index (χ1) is 11.2. The van der Waals surface area contributed by atoms with Gasteiger partial charge >= 0.3 is 0 Å².